The van der Waals surface area contributed by atoms with E-state index in [1.807, 2.05) is 6.92 Å². The lowest BCUT2D eigenvalue weighted by molar-refractivity contribution is -0.142. The Morgan fingerprint density at radius 1 is 1.24 bits per heavy atom. The van der Waals surface area contributed by atoms with Gasteiger partial charge in [-0.2, -0.15) is 18.3 Å². The summed E-state index contributed by atoms with van der Waals surface area (Å²) in [5, 5.41) is 16.5. The average Bonchev–Trinajstić information content (AvgIpc) is 3.63. The molecule has 0 atom stereocenters. The minimum atomic E-state index is -4.81. The van der Waals surface area contributed by atoms with Crippen molar-refractivity contribution >= 4 is 29.5 Å². The van der Waals surface area contributed by atoms with E-state index >= 15 is 0 Å². The van der Waals surface area contributed by atoms with Crippen LogP contribution in [0.3, 0.4) is 0 Å². The van der Waals surface area contributed by atoms with Crippen LogP contribution < -0.4 is 16.4 Å². The first-order valence-electron chi connectivity index (χ1n) is 14.3. The second-order valence-electron chi connectivity index (χ2n) is 10.4. The third kappa shape index (κ3) is 7.95. The molecular formula is C29H33F5N8O4. The van der Waals surface area contributed by atoms with E-state index in [1.165, 1.54) is 23.0 Å². The molecule has 0 aliphatic heterocycles. The number of ether oxygens (including phenoxy) is 1. The van der Waals surface area contributed by atoms with Gasteiger partial charge in [-0.15, -0.1) is 0 Å². The van der Waals surface area contributed by atoms with Crippen molar-refractivity contribution in [3.8, 4) is 11.3 Å². The van der Waals surface area contributed by atoms with Crippen LogP contribution in [0.1, 0.15) is 53.8 Å². The van der Waals surface area contributed by atoms with Gasteiger partial charge < -0.3 is 26.2 Å². The van der Waals surface area contributed by atoms with Gasteiger partial charge in [0, 0.05) is 55.8 Å². The highest BCUT2D eigenvalue weighted by Gasteiger charge is 2.48. The minimum absolute atomic E-state index is 0.0818. The first kappa shape index (κ1) is 34.2. The molecule has 248 valence electrons. The van der Waals surface area contributed by atoms with Crippen LogP contribution in [-0.4, -0.2) is 73.9 Å². The average molecular weight is 653 g/mol. The number of nitrogens with zero attached hydrogens (tertiary/aromatic N) is 5. The fourth-order valence-electron chi connectivity index (χ4n) is 4.94. The molecule has 5 N–H and O–H groups in total. The summed E-state index contributed by atoms with van der Waals surface area (Å²) in [5.74, 6) is -2.89. The number of benzene rings is 1. The van der Waals surface area contributed by atoms with Gasteiger partial charge in [0.2, 0.25) is 0 Å². The zero-order valence-corrected chi connectivity index (χ0v) is 24.7. The Kier molecular flexibility index (Phi) is 10.9. The zero-order chi connectivity index (χ0) is 33.5. The van der Waals surface area contributed by atoms with E-state index in [2.05, 4.69) is 25.7 Å². The first-order valence-corrected chi connectivity index (χ1v) is 14.3. The van der Waals surface area contributed by atoms with Crippen LogP contribution >= 0.6 is 0 Å². The number of carbonyl (C=O) groups excluding carboxylic acids is 1. The number of halogens is 5. The van der Waals surface area contributed by atoms with Gasteiger partial charge in [0.25, 0.3) is 18.3 Å². The van der Waals surface area contributed by atoms with Crippen molar-refractivity contribution in [3.05, 3.63) is 59.8 Å². The number of anilines is 2. The Balaban J connectivity index is 0.00000154. The number of nitrogens with one attached hydrogen (secondary N) is 2. The van der Waals surface area contributed by atoms with Crippen LogP contribution in [0.2, 0.25) is 0 Å². The monoisotopic (exact) mass is 652 g/mol. The Bertz CT molecular complexity index is 1650. The van der Waals surface area contributed by atoms with Gasteiger partial charge >= 0.3 is 6.18 Å². The Labute approximate surface area is 259 Å². The molecule has 1 amide bonds. The van der Waals surface area contributed by atoms with E-state index in [0.29, 0.717) is 44.0 Å². The van der Waals surface area contributed by atoms with Gasteiger partial charge in [-0.3, -0.25) is 18.7 Å². The molecule has 12 nitrogen and oxygen atoms in total. The van der Waals surface area contributed by atoms with Crippen molar-refractivity contribution in [1.29, 1.82) is 0 Å². The third-order valence-corrected chi connectivity index (χ3v) is 7.17. The molecule has 1 saturated carbocycles. The predicted octanol–water partition coefficient (Wildman–Crippen LogP) is 4.68. The quantitative estimate of drug-likeness (QED) is 0.0967. The van der Waals surface area contributed by atoms with Crippen LogP contribution in [0, 0.1) is 0 Å². The van der Waals surface area contributed by atoms with Gasteiger partial charge in [-0.25, -0.2) is 18.7 Å². The summed E-state index contributed by atoms with van der Waals surface area (Å²) in [5.41, 5.74) is 6.16. The van der Waals surface area contributed by atoms with Gasteiger partial charge in [-0.1, -0.05) is 6.92 Å². The van der Waals surface area contributed by atoms with Crippen molar-refractivity contribution in [1.82, 2.24) is 29.5 Å². The number of rotatable bonds is 12. The van der Waals surface area contributed by atoms with Gasteiger partial charge in [-0.05, 0) is 43.1 Å². The molecule has 46 heavy (non-hydrogen) atoms. The largest absolute Gasteiger partial charge is 0.483 e. The molecule has 0 unspecified atom stereocenters. The van der Waals surface area contributed by atoms with Gasteiger partial charge in [0.05, 0.1) is 30.1 Å². The number of carboxylic acid groups (broad SMARTS) is 1. The molecule has 5 rings (SSSR count). The van der Waals surface area contributed by atoms with Crippen molar-refractivity contribution < 1.29 is 41.4 Å². The number of carbonyl (C=O) groups is 2. The smallest absolute Gasteiger partial charge is 0.435 e. The van der Waals surface area contributed by atoms with Gasteiger partial charge in [0.15, 0.2) is 17.2 Å². The fourth-order valence-corrected chi connectivity index (χ4v) is 4.94. The van der Waals surface area contributed by atoms with Crippen LogP contribution in [0.15, 0.2) is 43.0 Å². The van der Waals surface area contributed by atoms with Crippen LogP contribution in [-0.2, 0) is 22.1 Å². The molecule has 17 heteroatoms. The van der Waals surface area contributed by atoms with E-state index in [0.717, 1.165) is 22.9 Å². The fraction of sp³-hybridized carbons (Fsp3) is 0.414. The first-order chi connectivity index (χ1) is 21.9. The van der Waals surface area contributed by atoms with Gasteiger partial charge in [0.1, 0.15) is 0 Å². The lowest BCUT2D eigenvalue weighted by Gasteiger charge is -2.34. The number of hydrogen-bond acceptors (Lipinski definition) is 8. The molecule has 0 bridgehead atoms. The Morgan fingerprint density at radius 3 is 2.63 bits per heavy atom. The molecule has 1 aliphatic rings. The normalized spacial score (nSPS) is 14.3. The topological polar surface area (TPSA) is 162 Å². The maximum absolute atomic E-state index is 13.9. The van der Waals surface area contributed by atoms with E-state index in [4.69, 9.17) is 20.4 Å². The summed E-state index contributed by atoms with van der Waals surface area (Å²) in [6.07, 6.45) is 0.629. The van der Waals surface area contributed by atoms with E-state index in [9.17, 15) is 26.7 Å². The van der Waals surface area contributed by atoms with Crippen molar-refractivity contribution in [2.45, 2.75) is 50.7 Å². The molecule has 0 saturated heterocycles. The predicted molar refractivity (Wildman–Crippen MR) is 157 cm³/mol. The summed E-state index contributed by atoms with van der Waals surface area (Å²) in [4.78, 5) is 29.7. The van der Waals surface area contributed by atoms with Crippen LogP contribution in [0.5, 0.6) is 0 Å². The number of alkyl halides is 5. The van der Waals surface area contributed by atoms with E-state index < -0.39 is 36.7 Å². The maximum Gasteiger partial charge on any atom is 0.435 e. The van der Waals surface area contributed by atoms with Crippen LogP contribution in [0.4, 0.5) is 33.5 Å². The summed E-state index contributed by atoms with van der Waals surface area (Å²) < 4.78 is 76.4. The summed E-state index contributed by atoms with van der Waals surface area (Å²) in [7, 11) is 0. The number of amides is 1. The third-order valence-electron chi connectivity index (χ3n) is 7.17. The van der Waals surface area contributed by atoms with Crippen LogP contribution in [0.25, 0.3) is 16.9 Å². The number of fused-ring (bicyclic) bond motifs is 1. The SMILES string of the molecule is CCc1cc(Nc2nccn3c(-c4cn(C5CC(F)(F)C5)nc4C(F)(F)F)cnc23)ccc1C(=O)NCCOCCCN.O=CO. The summed E-state index contributed by atoms with van der Waals surface area (Å²) >= 11 is 0. The maximum atomic E-state index is 13.9. The van der Waals surface area contributed by atoms with Crippen molar-refractivity contribution in [2.75, 3.05) is 31.6 Å². The highest BCUT2D eigenvalue weighted by molar-refractivity contribution is 5.96. The number of nitrogens with two attached hydrogens (primary N) is 1. The lowest BCUT2D eigenvalue weighted by atomic mass is 9.88. The molecule has 0 spiro atoms. The Hall–Kier alpha value is -4.64. The van der Waals surface area contributed by atoms with Crippen molar-refractivity contribution in [2.24, 2.45) is 5.73 Å². The second kappa shape index (κ2) is 14.6. The molecule has 4 aromatic rings. The zero-order valence-electron chi connectivity index (χ0n) is 24.7. The minimum Gasteiger partial charge on any atom is -0.483 e. The van der Waals surface area contributed by atoms with E-state index in [-0.39, 0.29) is 35.1 Å². The highest BCUT2D eigenvalue weighted by atomic mass is 19.4. The molecule has 1 fully saturated rings. The molecule has 1 aliphatic carbocycles. The number of aromatic nitrogens is 5. The number of imidazole rings is 1. The number of aryl methyl sites for hydroxylation is 1. The molecular weight excluding hydrogens is 619 g/mol. The summed E-state index contributed by atoms with van der Waals surface area (Å²) in [6, 6.07) is 4.34. The van der Waals surface area contributed by atoms with Crippen molar-refractivity contribution in [3.63, 3.8) is 0 Å². The molecule has 0 radical (unpaired) electrons. The van der Waals surface area contributed by atoms with E-state index in [1.54, 1.807) is 18.2 Å². The standard InChI is InChI=1S/C28H31F5N8O2.CH2O2/c1-2-17-12-18(4-5-20(17)26(42)36-8-11-43-10-3-6-34)38-24-25-37-15-22(40(25)9-7-35-24)21-16-41(19-13-27(29,30)14-19)39-23(21)28(31,32)33;2-1-3/h4-5,7,9,12,15-16,19H,2-3,6,8,10-11,13-14,34H2,1H3,(H,35,38)(H,36,42);1H,(H,2,3). The number of hydrogen-bond donors (Lipinski definition) is 4. The Morgan fingerprint density at radius 2 is 1.98 bits per heavy atom. The summed E-state index contributed by atoms with van der Waals surface area (Å²) in [6.45, 7) is 3.45. The molecule has 3 heterocycles. The molecule has 3 aromatic heterocycles. The molecule has 1 aromatic carbocycles. The lowest BCUT2D eigenvalue weighted by Crippen LogP contribution is -2.37. The highest BCUT2D eigenvalue weighted by Crippen LogP contribution is 2.47. The second-order valence-corrected chi connectivity index (χ2v) is 10.4.